The van der Waals surface area contributed by atoms with Crippen molar-refractivity contribution < 1.29 is 4.39 Å². The van der Waals surface area contributed by atoms with Crippen LogP contribution < -0.4 is 0 Å². The minimum absolute atomic E-state index is 0. The topological polar surface area (TPSA) is 0 Å². The monoisotopic (exact) mass is 280 g/mol. The number of hydrogen-bond acceptors (Lipinski definition) is 0. The second-order valence-electron chi connectivity index (χ2n) is 3.19. The molecular weight excluding hydrogens is 266 g/mol. The summed E-state index contributed by atoms with van der Waals surface area (Å²) in [5.41, 5.74) is 0.822. The maximum Gasteiger partial charge on any atom is 0.126 e. The Balaban J connectivity index is 0.00000121. The first-order valence-corrected chi connectivity index (χ1v) is 3.93. The van der Waals surface area contributed by atoms with Crippen LogP contribution in [0.4, 0.5) is 4.39 Å². The molecule has 0 amide bonds. The van der Waals surface area contributed by atoms with Gasteiger partial charge in [0.1, 0.15) is 5.82 Å². The van der Waals surface area contributed by atoms with E-state index >= 15 is 0 Å². The lowest BCUT2D eigenvalue weighted by Crippen LogP contribution is -1.96. The highest BCUT2D eigenvalue weighted by molar-refractivity contribution is 14.0. The maximum absolute atomic E-state index is 12.9. The lowest BCUT2D eigenvalue weighted by atomic mass is 10.0. The molecule has 0 fully saturated rings. The summed E-state index contributed by atoms with van der Waals surface area (Å²) in [6.07, 6.45) is 0.826. The van der Waals surface area contributed by atoms with Crippen LogP contribution in [0.25, 0.3) is 0 Å². The van der Waals surface area contributed by atoms with E-state index in [1.54, 1.807) is 6.07 Å². The van der Waals surface area contributed by atoms with Crippen molar-refractivity contribution in [1.29, 1.82) is 0 Å². The molecule has 68 valence electrons. The highest BCUT2D eigenvalue weighted by Gasteiger charge is 2.01. The quantitative estimate of drug-likeness (QED) is 0.725. The Hall–Kier alpha value is -0.120. The Kier molecular flexibility index (Phi) is 5.46. The first-order valence-electron chi connectivity index (χ1n) is 3.93. The van der Waals surface area contributed by atoms with Gasteiger partial charge in [0.05, 0.1) is 0 Å². The van der Waals surface area contributed by atoms with Crippen LogP contribution in [0, 0.1) is 11.7 Å². The molecule has 0 saturated heterocycles. The van der Waals surface area contributed by atoms with E-state index < -0.39 is 0 Å². The van der Waals surface area contributed by atoms with Gasteiger partial charge in [-0.25, -0.2) is 4.39 Å². The molecule has 0 N–H and O–H groups in total. The normalized spacial score (nSPS) is 9.67. The summed E-state index contributed by atoms with van der Waals surface area (Å²) in [5, 5.41) is 0. The van der Waals surface area contributed by atoms with Gasteiger partial charge < -0.3 is 0 Å². The predicted molar refractivity (Wildman–Crippen MR) is 60.4 cm³/mol. The zero-order valence-corrected chi connectivity index (χ0v) is 9.71. The Morgan fingerprint density at radius 3 is 2.33 bits per heavy atom. The van der Waals surface area contributed by atoms with Gasteiger partial charge in [0, 0.05) is 0 Å². The lowest BCUT2D eigenvalue weighted by molar-refractivity contribution is 0.574. The molecule has 0 saturated carbocycles. The van der Waals surface area contributed by atoms with E-state index in [0.29, 0.717) is 5.92 Å². The fraction of sp³-hybridized carbons (Fsp3) is 0.400. The fourth-order valence-corrected chi connectivity index (χ4v) is 1.10. The third-order valence-electron chi connectivity index (χ3n) is 1.59. The molecule has 0 aliphatic rings. The first-order chi connectivity index (χ1) is 5.20. The number of benzene rings is 1. The van der Waals surface area contributed by atoms with Crippen LogP contribution in [0.3, 0.4) is 0 Å². The molecule has 0 aliphatic heterocycles. The first kappa shape index (κ1) is 11.9. The summed E-state index contributed by atoms with van der Waals surface area (Å²) < 4.78 is 12.9. The third-order valence-corrected chi connectivity index (χ3v) is 1.59. The van der Waals surface area contributed by atoms with Crippen molar-refractivity contribution in [1.82, 2.24) is 0 Å². The summed E-state index contributed by atoms with van der Waals surface area (Å²) in [4.78, 5) is 0. The number of halogens is 2. The zero-order valence-electron chi connectivity index (χ0n) is 7.38. The second kappa shape index (κ2) is 5.51. The Labute approximate surface area is 90.2 Å². The van der Waals surface area contributed by atoms with Gasteiger partial charge in [0.25, 0.3) is 0 Å². The van der Waals surface area contributed by atoms with Gasteiger partial charge >= 0.3 is 0 Å². The second-order valence-corrected chi connectivity index (χ2v) is 3.19. The largest absolute Gasteiger partial charge is 0.207 e. The van der Waals surface area contributed by atoms with E-state index in [1.165, 1.54) is 6.07 Å². The molecule has 1 aromatic carbocycles. The van der Waals surface area contributed by atoms with Gasteiger partial charge in [0.15, 0.2) is 0 Å². The number of rotatable bonds is 2. The van der Waals surface area contributed by atoms with Crippen molar-refractivity contribution in [2.24, 2.45) is 5.92 Å². The molecule has 0 radical (unpaired) electrons. The molecule has 0 unspecified atom stereocenters. The summed E-state index contributed by atoms with van der Waals surface area (Å²) >= 11 is 0. The fourth-order valence-electron chi connectivity index (χ4n) is 1.10. The van der Waals surface area contributed by atoms with Crippen LogP contribution in [0.1, 0.15) is 19.4 Å². The molecule has 0 heterocycles. The molecule has 1 aromatic rings. The molecule has 0 aliphatic carbocycles. The molecule has 1 rings (SSSR count). The Morgan fingerprint density at radius 1 is 1.25 bits per heavy atom. The summed E-state index contributed by atoms with van der Waals surface area (Å²) in [6, 6.07) is 6.95. The molecule has 0 bridgehead atoms. The van der Waals surface area contributed by atoms with Gasteiger partial charge in [-0.2, -0.15) is 0 Å². The average Bonchev–Trinajstić information content (AvgIpc) is 1.93. The zero-order chi connectivity index (χ0) is 8.27. The third kappa shape index (κ3) is 3.52. The van der Waals surface area contributed by atoms with Crippen molar-refractivity contribution in [2.45, 2.75) is 20.3 Å². The summed E-state index contributed by atoms with van der Waals surface area (Å²) in [5.74, 6) is 0.438. The van der Waals surface area contributed by atoms with Gasteiger partial charge in [-0.15, -0.1) is 24.0 Å². The van der Waals surface area contributed by atoms with Gasteiger partial charge in [-0.1, -0.05) is 32.0 Å². The summed E-state index contributed by atoms with van der Waals surface area (Å²) in [7, 11) is 0. The van der Waals surface area contributed by atoms with E-state index in [2.05, 4.69) is 13.8 Å². The minimum Gasteiger partial charge on any atom is -0.207 e. The van der Waals surface area contributed by atoms with Gasteiger partial charge in [0.2, 0.25) is 0 Å². The highest BCUT2D eigenvalue weighted by atomic mass is 127. The molecule has 2 heteroatoms. The predicted octanol–water partition coefficient (Wildman–Crippen LogP) is 3.64. The van der Waals surface area contributed by atoms with E-state index in [4.69, 9.17) is 0 Å². The van der Waals surface area contributed by atoms with Crippen molar-refractivity contribution in [3.63, 3.8) is 0 Å². The van der Waals surface area contributed by atoms with Crippen LogP contribution in [-0.4, -0.2) is 0 Å². The van der Waals surface area contributed by atoms with Crippen molar-refractivity contribution >= 4 is 24.0 Å². The van der Waals surface area contributed by atoms with E-state index in [-0.39, 0.29) is 29.8 Å². The standard InChI is InChI=1S/C10H13F.HI/c1-8(2)7-9-5-3-4-6-10(9)11;/h3-6,8H,7H2,1-2H3;1H. The number of hydrogen-bond donors (Lipinski definition) is 0. The Bertz CT molecular complexity index is 233. The smallest absolute Gasteiger partial charge is 0.126 e. The highest BCUT2D eigenvalue weighted by Crippen LogP contribution is 2.11. The van der Waals surface area contributed by atoms with Crippen LogP contribution in [-0.2, 0) is 6.42 Å². The lowest BCUT2D eigenvalue weighted by Gasteiger charge is -2.04. The van der Waals surface area contributed by atoms with Gasteiger partial charge in [-0.05, 0) is 24.0 Å². The molecule has 0 atom stereocenters. The molecule has 0 nitrogen and oxygen atoms in total. The van der Waals surface area contributed by atoms with Gasteiger partial charge in [-0.3, -0.25) is 0 Å². The van der Waals surface area contributed by atoms with E-state index in [9.17, 15) is 4.39 Å². The molecule has 0 aromatic heterocycles. The van der Waals surface area contributed by atoms with E-state index in [1.807, 2.05) is 12.1 Å². The molecule has 12 heavy (non-hydrogen) atoms. The van der Waals surface area contributed by atoms with Crippen LogP contribution in [0.15, 0.2) is 24.3 Å². The Morgan fingerprint density at radius 2 is 1.83 bits per heavy atom. The molecular formula is C10H14FI. The van der Waals surface area contributed by atoms with Crippen LogP contribution in [0.5, 0.6) is 0 Å². The SMILES string of the molecule is CC(C)Cc1ccccc1F.I. The summed E-state index contributed by atoms with van der Waals surface area (Å²) in [6.45, 7) is 4.18. The maximum atomic E-state index is 12.9. The van der Waals surface area contributed by atoms with Crippen LogP contribution >= 0.6 is 24.0 Å². The van der Waals surface area contributed by atoms with Crippen molar-refractivity contribution in [3.05, 3.63) is 35.6 Å². The van der Waals surface area contributed by atoms with Crippen molar-refractivity contribution in [3.8, 4) is 0 Å². The van der Waals surface area contributed by atoms with Crippen LogP contribution in [0.2, 0.25) is 0 Å². The van der Waals surface area contributed by atoms with Crippen molar-refractivity contribution in [2.75, 3.05) is 0 Å². The molecule has 0 spiro atoms. The minimum atomic E-state index is -0.0822. The van der Waals surface area contributed by atoms with E-state index in [0.717, 1.165) is 12.0 Å². The average molecular weight is 280 g/mol.